The zero-order valence-corrected chi connectivity index (χ0v) is 12.5. The van der Waals surface area contributed by atoms with Crippen molar-refractivity contribution in [2.75, 3.05) is 10.5 Å². The van der Waals surface area contributed by atoms with Crippen molar-refractivity contribution >= 4 is 21.5 Å². The topological polar surface area (TPSA) is 90.0 Å². The third kappa shape index (κ3) is 2.93. The molecule has 3 N–H and O–H groups in total. The van der Waals surface area contributed by atoms with Gasteiger partial charge in [-0.2, -0.15) is 5.10 Å². The van der Waals surface area contributed by atoms with Gasteiger partial charge in [-0.05, 0) is 44.5 Å². The molecule has 1 heterocycles. The summed E-state index contributed by atoms with van der Waals surface area (Å²) in [5.74, 6) is 0.431. The largest absolute Gasteiger partial charge is 0.399 e. The summed E-state index contributed by atoms with van der Waals surface area (Å²) in [5.41, 5.74) is 6.91. The number of aromatic nitrogens is 2. The number of sulfonamides is 1. The van der Waals surface area contributed by atoms with Gasteiger partial charge in [-0.1, -0.05) is 0 Å². The Morgan fingerprint density at radius 1 is 1.30 bits per heavy atom. The van der Waals surface area contributed by atoms with E-state index in [9.17, 15) is 8.42 Å². The number of nitrogens with two attached hydrogens (primary N) is 1. The second-order valence-electron chi connectivity index (χ2n) is 4.94. The number of hydrogen-bond donors (Lipinski definition) is 2. The average molecular weight is 294 g/mol. The minimum atomic E-state index is -3.68. The third-order valence-electron chi connectivity index (χ3n) is 2.78. The molecule has 0 amide bonds. The highest BCUT2D eigenvalue weighted by Gasteiger charge is 2.18. The van der Waals surface area contributed by atoms with E-state index in [1.807, 2.05) is 13.8 Å². The van der Waals surface area contributed by atoms with Crippen LogP contribution in [0, 0.1) is 6.92 Å². The number of anilines is 2. The van der Waals surface area contributed by atoms with Gasteiger partial charge in [-0.15, -0.1) is 0 Å². The molecule has 0 saturated heterocycles. The molecule has 20 heavy (non-hydrogen) atoms. The number of rotatable bonds is 4. The van der Waals surface area contributed by atoms with E-state index in [0.29, 0.717) is 11.5 Å². The van der Waals surface area contributed by atoms with Gasteiger partial charge in [0, 0.05) is 17.8 Å². The lowest BCUT2D eigenvalue weighted by Gasteiger charge is -2.13. The van der Waals surface area contributed by atoms with Crippen LogP contribution in [0.25, 0.3) is 0 Å². The molecule has 0 unspecified atom stereocenters. The van der Waals surface area contributed by atoms with Crippen molar-refractivity contribution in [1.82, 2.24) is 9.78 Å². The molecule has 0 fully saturated rings. The maximum atomic E-state index is 12.4. The minimum Gasteiger partial charge on any atom is -0.399 e. The molecule has 0 bridgehead atoms. The molecule has 0 spiro atoms. The van der Waals surface area contributed by atoms with Crippen LogP contribution < -0.4 is 10.5 Å². The lowest BCUT2D eigenvalue weighted by molar-refractivity contribution is 0.539. The van der Waals surface area contributed by atoms with Crippen molar-refractivity contribution in [3.63, 3.8) is 0 Å². The molecular formula is C13H18N4O2S. The lowest BCUT2D eigenvalue weighted by atomic mass is 10.2. The highest BCUT2D eigenvalue weighted by atomic mass is 32.2. The number of nitrogen functional groups attached to an aromatic ring is 1. The monoisotopic (exact) mass is 294 g/mol. The fourth-order valence-corrected chi connectivity index (χ4v) is 3.12. The normalized spacial score (nSPS) is 11.8. The maximum Gasteiger partial charge on any atom is 0.263 e. The third-order valence-corrected chi connectivity index (χ3v) is 4.12. The molecule has 0 saturated carbocycles. The first-order valence-corrected chi connectivity index (χ1v) is 7.71. The molecule has 0 atom stereocenters. The van der Waals surface area contributed by atoms with Gasteiger partial charge in [-0.25, -0.2) is 13.1 Å². The highest BCUT2D eigenvalue weighted by Crippen LogP contribution is 2.21. The standard InChI is InChI=1S/C13H18N4O2S/c1-9(2)17-13(4-5-15-17)16-20(18,19)12-7-10(3)6-11(14)8-12/h4-9,16H,14H2,1-3H3. The first-order chi connectivity index (χ1) is 9.29. The maximum absolute atomic E-state index is 12.4. The van der Waals surface area contributed by atoms with Crippen molar-refractivity contribution in [3.05, 3.63) is 36.0 Å². The molecule has 0 aliphatic heterocycles. The molecule has 0 aliphatic carbocycles. The van der Waals surface area contributed by atoms with Crippen LogP contribution in [-0.2, 0) is 10.0 Å². The number of aryl methyl sites for hydroxylation is 1. The molecule has 1 aromatic carbocycles. The number of hydrogen-bond acceptors (Lipinski definition) is 4. The van der Waals surface area contributed by atoms with Crippen LogP contribution in [0.2, 0.25) is 0 Å². The summed E-state index contributed by atoms with van der Waals surface area (Å²) in [6.07, 6.45) is 1.56. The minimum absolute atomic E-state index is 0.0604. The summed E-state index contributed by atoms with van der Waals surface area (Å²) in [4.78, 5) is 0.145. The number of nitrogens with one attached hydrogen (secondary N) is 1. The molecule has 0 aliphatic rings. The Labute approximate surface area is 118 Å². The molecule has 1 aromatic heterocycles. The summed E-state index contributed by atoms with van der Waals surface area (Å²) in [6, 6.07) is 6.42. The van der Waals surface area contributed by atoms with Gasteiger partial charge in [0.2, 0.25) is 0 Å². The van der Waals surface area contributed by atoms with Gasteiger partial charge in [-0.3, -0.25) is 4.72 Å². The van der Waals surface area contributed by atoms with Crippen LogP contribution in [0.3, 0.4) is 0 Å². The van der Waals surface area contributed by atoms with Gasteiger partial charge in [0.15, 0.2) is 0 Å². The first kappa shape index (κ1) is 14.4. The van der Waals surface area contributed by atoms with Crippen LogP contribution >= 0.6 is 0 Å². The Kier molecular flexibility index (Phi) is 3.71. The number of benzene rings is 1. The molecule has 2 rings (SSSR count). The van der Waals surface area contributed by atoms with Crippen LogP contribution in [0.4, 0.5) is 11.5 Å². The van der Waals surface area contributed by atoms with Crippen LogP contribution in [0.15, 0.2) is 35.4 Å². The zero-order chi connectivity index (χ0) is 14.9. The van der Waals surface area contributed by atoms with Gasteiger partial charge >= 0.3 is 0 Å². The predicted molar refractivity (Wildman–Crippen MR) is 79.0 cm³/mol. The molecular weight excluding hydrogens is 276 g/mol. The summed E-state index contributed by atoms with van der Waals surface area (Å²) in [5, 5.41) is 4.09. The predicted octanol–water partition coefficient (Wildman–Crippen LogP) is 2.16. The fourth-order valence-electron chi connectivity index (χ4n) is 1.93. The van der Waals surface area contributed by atoms with E-state index >= 15 is 0 Å². The Morgan fingerprint density at radius 3 is 2.60 bits per heavy atom. The lowest BCUT2D eigenvalue weighted by Crippen LogP contribution is -2.17. The Balaban J connectivity index is 2.38. The SMILES string of the molecule is Cc1cc(N)cc(S(=O)(=O)Nc2ccnn2C(C)C)c1. The Morgan fingerprint density at radius 2 is 2.00 bits per heavy atom. The molecule has 108 valence electrons. The van der Waals surface area contributed by atoms with Gasteiger partial charge in [0.05, 0.1) is 11.1 Å². The molecule has 2 aromatic rings. The smallest absolute Gasteiger partial charge is 0.263 e. The van der Waals surface area contributed by atoms with E-state index in [1.165, 1.54) is 6.07 Å². The van der Waals surface area contributed by atoms with Crippen LogP contribution in [0.1, 0.15) is 25.5 Å². The van der Waals surface area contributed by atoms with Crippen molar-refractivity contribution < 1.29 is 8.42 Å². The van der Waals surface area contributed by atoms with Crippen molar-refractivity contribution in [2.45, 2.75) is 31.7 Å². The van der Waals surface area contributed by atoms with Crippen LogP contribution in [-0.4, -0.2) is 18.2 Å². The van der Waals surface area contributed by atoms with Crippen molar-refractivity contribution in [2.24, 2.45) is 0 Å². The molecule has 7 heteroatoms. The zero-order valence-electron chi connectivity index (χ0n) is 11.7. The van der Waals surface area contributed by atoms with Gasteiger partial charge in [0.1, 0.15) is 5.82 Å². The number of nitrogens with zero attached hydrogens (tertiary/aromatic N) is 2. The van der Waals surface area contributed by atoms with E-state index in [4.69, 9.17) is 5.73 Å². The fraction of sp³-hybridized carbons (Fsp3) is 0.308. The van der Waals surface area contributed by atoms with E-state index in [0.717, 1.165) is 5.56 Å². The average Bonchev–Trinajstić information content (AvgIpc) is 2.75. The second-order valence-corrected chi connectivity index (χ2v) is 6.62. The van der Waals surface area contributed by atoms with Gasteiger partial charge in [0.25, 0.3) is 10.0 Å². The van der Waals surface area contributed by atoms with Crippen molar-refractivity contribution in [1.29, 1.82) is 0 Å². The van der Waals surface area contributed by atoms with E-state index in [1.54, 1.807) is 36.0 Å². The first-order valence-electron chi connectivity index (χ1n) is 6.23. The Hall–Kier alpha value is -2.02. The highest BCUT2D eigenvalue weighted by molar-refractivity contribution is 7.92. The summed E-state index contributed by atoms with van der Waals surface area (Å²) in [7, 11) is -3.68. The van der Waals surface area contributed by atoms with Crippen molar-refractivity contribution in [3.8, 4) is 0 Å². The summed E-state index contributed by atoms with van der Waals surface area (Å²) in [6.45, 7) is 5.65. The van der Waals surface area contributed by atoms with E-state index in [-0.39, 0.29) is 10.9 Å². The summed E-state index contributed by atoms with van der Waals surface area (Å²) < 4.78 is 28.9. The quantitative estimate of drug-likeness (QED) is 0.845. The summed E-state index contributed by atoms with van der Waals surface area (Å²) >= 11 is 0. The van der Waals surface area contributed by atoms with Crippen LogP contribution in [0.5, 0.6) is 0 Å². The molecule has 6 nitrogen and oxygen atoms in total. The Bertz CT molecular complexity index is 699. The molecule has 0 radical (unpaired) electrons. The van der Waals surface area contributed by atoms with E-state index < -0.39 is 10.0 Å². The van der Waals surface area contributed by atoms with E-state index in [2.05, 4.69) is 9.82 Å². The second kappa shape index (κ2) is 5.16. The van der Waals surface area contributed by atoms with Gasteiger partial charge < -0.3 is 5.73 Å².